The van der Waals surface area contributed by atoms with Gasteiger partial charge in [-0.1, -0.05) is 0 Å². The van der Waals surface area contributed by atoms with Gasteiger partial charge in [-0.25, -0.2) is 0 Å². The van der Waals surface area contributed by atoms with Gasteiger partial charge in [0.25, 0.3) is 0 Å². The lowest BCUT2D eigenvalue weighted by Crippen LogP contribution is -2.48. The minimum absolute atomic E-state index is 0.508. The summed E-state index contributed by atoms with van der Waals surface area (Å²) in [5.41, 5.74) is 0.508. The second kappa shape index (κ2) is 4.04. The minimum Gasteiger partial charge on any atom is -0.435 e. The van der Waals surface area contributed by atoms with Crippen LogP contribution in [0.2, 0.25) is 26.2 Å². The van der Waals surface area contributed by atoms with Gasteiger partial charge in [-0.2, -0.15) is 0 Å². The molecule has 0 aromatic heterocycles. The Balaban J connectivity index is 4.08. The summed E-state index contributed by atoms with van der Waals surface area (Å²) in [6, 6.07) is 0. The van der Waals surface area contributed by atoms with E-state index in [1.54, 1.807) is 7.11 Å². The van der Waals surface area contributed by atoms with Crippen LogP contribution in [0.4, 0.5) is 0 Å². The zero-order chi connectivity index (χ0) is 9.12. The van der Waals surface area contributed by atoms with Gasteiger partial charge in [-0.05, 0) is 26.2 Å². The maximum Gasteiger partial charge on any atom is 0.339 e. The second-order valence-corrected chi connectivity index (χ2v) is 12.5. The Labute approximate surface area is 76.2 Å². The van der Waals surface area contributed by atoms with E-state index in [1.165, 1.54) is 0 Å². The van der Waals surface area contributed by atoms with Crippen molar-refractivity contribution in [1.29, 1.82) is 0 Å². The molecule has 0 aromatic rings. The molecule has 0 amide bonds. The fraction of sp³-hybridized carbons (Fsp3) is 1.00. The van der Waals surface area contributed by atoms with Crippen LogP contribution in [0.5, 0.6) is 0 Å². The van der Waals surface area contributed by atoms with E-state index in [1.807, 2.05) is 6.55 Å². The summed E-state index contributed by atoms with van der Waals surface area (Å²) in [6.07, 6.45) is 0. The summed E-state index contributed by atoms with van der Waals surface area (Å²) in [5, 5.41) is 0. The molecule has 11 heavy (non-hydrogen) atoms. The van der Waals surface area contributed by atoms with E-state index in [-0.39, 0.29) is 0 Å². The first-order chi connectivity index (χ1) is 4.83. The lowest BCUT2D eigenvalue weighted by molar-refractivity contribution is 0.310. The molecule has 0 bridgehead atoms. The first-order valence-corrected chi connectivity index (χ1v) is 10.1. The van der Waals surface area contributed by atoms with Crippen molar-refractivity contribution in [3.05, 3.63) is 0 Å². The molecular formula is C6H17ClO2Si2. The Morgan fingerprint density at radius 2 is 1.64 bits per heavy atom. The molecule has 5 heteroatoms. The summed E-state index contributed by atoms with van der Waals surface area (Å²) < 4.78 is 11.1. The van der Waals surface area contributed by atoms with Crippen molar-refractivity contribution in [2.45, 2.75) is 26.2 Å². The lowest BCUT2D eigenvalue weighted by Gasteiger charge is -2.30. The summed E-state index contributed by atoms with van der Waals surface area (Å²) in [5.74, 6) is 0. The number of halogens is 1. The molecule has 0 saturated carbocycles. The predicted octanol–water partition coefficient (Wildman–Crippen LogP) is 2.33. The molecule has 0 saturated heterocycles. The SMILES string of the molecule is CO[Si](C)(CCl)O[Si](C)(C)C. The summed E-state index contributed by atoms with van der Waals surface area (Å²) in [7, 11) is -1.81. The predicted molar refractivity (Wildman–Crippen MR) is 53.8 cm³/mol. The van der Waals surface area contributed by atoms with E-state index in [9.17, 15) is 0 Å². The first-order valence-electron chi connectivity index (χ1n) is 3.64. The van der Waals surface area contributed by atoms with E-state index < -0.39 is 16.9 Å². The Morgan fingerprint density at radius 1 is 1.18 bits per heavy atom. The van der Waals surface area contributed by atoms with Crippen molar-refractivity contribution in [1.82, 2.24) is 0 Å². The third-order valence-corrected chi connectivity index (χ3v) is 8.18. The number of alkyl halides is 1. The molecule has 0 rings (SSSR count). The highest BCUT2D eigenvalue weighted by molar-refractivity contribution is 6.84. The van der Waals surface area contributed by atoms with E-state index in [4.69, 9.17) is 20.1 Å². The molecule has 0 aromatic carbocycles. The van der Waals surface area contributed by atoms with E-state index in [2.05, 4.69) is 19.6 Å². The normalized spacial score (nSPS) is 18.0. The van der Waals surface area contributed by atoms with E-state index in [0.717, 1.165) is 0 Å². The lowest BCUT2D eigenvalue weighted by atomic mass is 11.8. The van der Waals surface area contributed by atoms with Crippen LogP contribution in [-0.4, -0.2) is 29.5 Å². The summed E-state index contributed by atoms with van der Waals surface area (Å²) >= 11 is 5.75. The van der Waals surface area contributed by atoms with Gasteiger partial charge in [0.1, 0.15) is 0 Å². The van der Waals surface area contributed by atoms with Crippen LogP contribution in [-0.2, 0) is 8.54 Å². The molecule has 1 unspecified atom stereocenters. The Hall–Kier alpha value is 0.644. The fourth-order valence-electron chi connectivity index (χ4n) is 0.771. The Bertz CT molecular complexity index is 120. The average Bonchev–Trinajstić information content (AvgIpc) is 1.84. The zero-order valence-electron chi connectivity index (χ0n) is 7.90. The van der Waals surface area contributed by atoms with Crippen molar-refractivity contribution < 1.29 is 8.54 Å². The van der Waals surface area contributed by atoms with Crippen molar-refractivity contribution in [2.75, 3.05) is 12.6 Å². The van der Waals surface area contributed by atoms with Gasteiger partial charge in [0.05, 0.1) is 5.50 Å². The maximum atomic E-state index is 5.85. The fourth-order valence-corrected chi connectivity index (χ4v) is 7.43. The molecule has 0 fully saturated rings. The largest absolute Gasteiger partial charge is 0.435 e. The van der Waals surface area contributed by atoms with Gasteiger partial charge in [-0.15, -0.1) is 11.6 Å². The standard InChI is InChI=1S/C6H17ClO2Si2/c1-8-11(5,6-7)9-10(2,3)4/h6H2,1-5H3. The minimum atomic E-state index is -2.01. The van der Waals surface area contributed by atoms with Gasteiger partial charge in [0, 0.05) is 7.11 Å². The van der Waals surface area contributed by atoms with Crippen molar-refractivity contribution in [3.8, 4) is 0 Å². The van der Waals surface area contributed by atoms with Crippen LogP contribution < -0.4 is 0 Å². The third-order valence-electron chi connectivity index (χ3n) is 1.20. The Morgan fingerprint density at radius 3 is 1.73 bits per heavy atom. The van der Waals surface area contributed by atoms with Crippen molar-refractivity contribution in [3.63, 3.8) is 0 Å². The van der Waals surface area contributed by atoms with Crippen LogP contribution in [0.3, 0.4) is 0 Å². The summed E-state index contributed by atoms with van der Waals surface area (Å²) in [6.45, 7) is 8.43. The molecular weight excluding hydrogens is 196 g/mol. The van der Waals surface area contributed by atoms with Crippen LogP contribution >= 0.6 is 11.6 Å². The number of hydrogen-bond donors (Lipinski definition) is 0. The van der Waals surface area contributed by atoms with E-state index in [0.29, 0.717) is 5.50 Å². The molecule has 68 valence electrons. The Kier molecular flexibility index (Phi) is 4.28. The molecule has 0 aliphatic heterocycles. The van der Waals surface area contributed by atoms with Crippen LogP contribution in [0.15, 0.2) is 0 Å². The van der Waals surface area contributed by atoms with Crippen LogP contribution in [0.1, 0.15) is 0 Å². The van der Waals surface area contributed by atoms with Gasteiger partial charge in [-0.3, -0.25) is 0 Å². The summed E-state index contributed by atoms with van der Waals surface area (Å²) in [4.78, 5) is 0. The quantitative estimate of drug-likeness (QED) is 0.526. The first kappa shape index (κ1) is 11.6. The molecule has 0 radical (unpaired) electrons. The van der Waals surface area contributed by atoms with Gasteiger partial charge in [0.15, 0.2) is 8.32 Å². The average molecular weight is 213 g/mol. The maximum absolute atomic E-state index is 5.85. The topological polar surface area (TPSA) is 18.5 Å². The third kappa shape index (κ3) is 4.97. The van der Waals surface area contributed by atoms with Crippen molar-refractivity contribution >= 4 is 28.5 Å². The second-order valence-electron chi connectivity index (χ2n) is 3.69. The smallest absolute Gasteiger partial charge is 0.339 e. The molecule has 0 spiro atoms. The molecule has 0 N–H and O–H groups in total. The van der Waals surface area contributed by atoms with Gasteiger partial charge >= 0.3 is 8.56 Å². The van der Waals surface area contributed by atoms with Gasteiger partial charge in [0.2, 0.25) is 0 Å². The molecule has 1 atom stereocenters. The highest BCUT2D eigenvalue weighted by Crippen LogP contribution is 2.15. The molecule has 0 aliphatic carbocycles. The van der Waals surface area contributed by atoms with Crippen molar-refractivity contribution in [2.24, 2.45) is 0 Å². The number of rotatable bonds is 4. The monoisotopic (exact) mass is 212 g/mol. The van der Waals surface area contributed by atoms with Gasteiger partial charge < -0.3 is 8.54 Å². The van der Waals surface area contributed by atoms with E-state index >= 15 is 0 Å². The van der Waals surface area contributed by atoms with Crippen LogP contribution in [0, 0.1) is 0 Å². The molecule has 0 heterocycles. The highest BCUT2D eigenvalue weighted by Gasteiger charge is 2.34. The molecule has 2 nitrogen and oxygen atoms in total. The highest BCUT2D eigenvalue weighted by atomic mass is 35.5. The number of hydrogen-bond acceptors (Lipinski definition) is 2. The van der Waals surface area contributed by atoms with Crippen LogP contribution in [0.25, 0.3) is 0 Å². The zero-order valence-corrected chi connectivity index (χ0v) is 10.7. The molecule has 0 aliphatic rings.